The zero-order valence-electron chi connectivity index (χ0n) is 2.80. The Morgan fingerprint density at radius 1 is 1.50 bits per heavy atom. The summed E-state index contributed by atoms with van der Waals surface area (Å²) < 4.78 is 0. The third-order valence-corrected chi connectivity index (χ3v) is 0.303. The van der Waals surface area contributed by atoms with Gasteiger partial charge in [-0.05, 0) is 0 Å². The predicted octanol–water partition coefficient (Wildman–Crippen LogP) is -0.569. The molecule has 1 rings (SSSR count). The molecule has 36 valence electrons. The van der Waals surface area contributed by atoms with Gasteiger partial charge < -0.3 is 10.2 Å². The predicted molar refractivity (Wildman–Crippen MR) is 15.4 cm³/mol. The summed E-state index contributed by atoms with van der Waals surface area (Å²) in [5.74, 6) is 0. The fourth-order valence-corrected chi connectivity index (χ4v) is 0.149. The van der Waals surface area contributed by atoms with Crippen LogP contribution in [0.25, 0.3) is 0 Å². The van der Waals surface area contributed by atoms with Crippen molar-refractivity contribution in [2.45, 2.75) is 0 Å². The number of nitrogens with zero attached hydrogens (tertiary/aromatic N) is 3. The molecule has 0 aromatic carbocycles. The minimum atomic E-state index is 0. The van der Waals surface area contributed by atoms with Crippen LogP contribution in [0.3, 0.4) is 0 Å². The van der Waals surface area contributed by atoms with Crippen LogP contribution in [-0.4, -0.2) is 10.3 Å². The van der Waals surface area contributed by atoms with Gasteiger partial charge in [-0.2, -0.15) is 0 Å². The van der Waals surface area contributed by atoms with Gasteiger partial charge in [0, 0.05) is 0 Å². The van der Waals surface area contributed by atoms with Crippen LogP contribution in [0.1, 0.15) is 0 Å². The normalized spacial score (nSPS) is 6.67. The number of hydrogen-bond acceptors (Lipinski definition) is 2. The Labute approximate surface area is 45.6 Å². The van der Waals surface area contributed by atoms with Crippen LogP contribution < -0.4 is 5.10 Å². The monoisotopic (exact) mass is 131 g/mol. The smallest absolute Gasteiger partial charge is 0.359 e. The van der Waals surface area contributed by atoms with Gasteiger partial charge >= 0.3 is 17.1 Å². The van der Waals surface area contributed by atoms with Crippen molar-refractivity contribution in [3.8, 4) is 0 Å². The average molecular weight is 132 g/mol. The Balaban J connectivity index is 0.000000250. The summed E-state index contributed by atoms with van der Waals surface area (Å²) >= 11 is 0. The van der Waals surface area contributed by atoms with Gasteiger partial charge in [-0.25, -0.2) is 0 Å². The second-order valence-corrected chi connectivity index (χ2v) is 0.619. The molecule has 0 bridgehead atoms. The third kappa shape index (κ3) is 1.19. The summed E-state index contributed by atoms with van der Waals surface area (Å²) in [5, 5.41) is 9.94. The standard InChI is InChI=1S/C2H2N3.Cu/c1-2-4-5-3-1;/h1-2H;/q-1;+1. The summed E-state index contributed by atoms with van der Waals surface area (Å²) in [6.45, 7) is 0. The van der Waals surface area contributed by atoms with Gasteiger partial charge in [0.25, 0.3) is 0 Å². The first-order chi connectivity index (χ1) is 2.50. The Bertz CT molecular complexity index is 65.3. The quantitative estimate of drug-likeness (QED) is 0.443. The molecule has 4 heteroatoms. The molecule has 0 unspecified atom stereocenters. The molecule has 0 fully saturated rings. The second kappa shape index (κ2) is 2.87. The summed E-state index contributed by atoms with van der Waals surface area (Å²) in [7, 11) is 0. The largest absolute Gasteiger partial charge is 1.00 e. The van der Waals surface area contributed by atoms with Gasteiger partial charge in [-0.1, -0.05) is 12.4 Å². The van der Waals surface area contributed by atoms with E-state index in [-0.39, 0.29) is 17.1 Å². The van der Waals surface area contributed by atoms with Crippen molar-refractivity contribution < 1.29 is 17.1 Å². The van der Waals surface area contributed by atoms with Crippen LogP contribution in [0, 0.1) is 0 Å². The molecule has 0 spiro atoms. The number of rotatable bonds is 0. The first-order valence-electron chi connectivity index (χ1n) is 1.25. The molecular formula is C2H2CuN3. The van der Waals surface area contributed by atoms with Crippen LogP contribution in [-0.2, 0) is 17.1 Å². The molecular weight excluding hydrogens is 130 g/mol. The maximum Gasteiger partial charge on any atom is 1.00 e. The fraction of sp³-hybridized carbons (Fsp3) is 0. The minimum absolute atomic E-state index is 0. The van der Waals surface area contributed by atoms with Gasteiger partial charge in [0.1, 0.15) is 0 Å². The molecule has 0 atom stereocenters. The summed E-state index contributed by atoms with van der Waals surface area (Å²) in [5.41, 5.74) is 0. The topological polar surface area (TPSA) is 39.9 Å². The number of hydrogen-bond donors (Lipinski definition) is 0. The van der Waals surface area contributed by atoms with Crippen LogP contribution in [0.15, 0.2) is 12.4 Å². The fourth-order valence-electron chi connectivity index (χ4n) is 0.149. The first-order valence-corrected chi connectivity index (χ1v) is 1.25. The van der Waals surface area contributed by atoms with E-state index in [0.717, 1.165) is 0 Å². The molecule has 0 aliphatic rings. The van der Waals surface area contributed by atoms with Crippen LogP contribution in [0.4, 0.5) is 0 Å². The molecule has 1 heterocycles. The average Bonchev–Trinajstić information content (AvgIpc) is 1.76. The van der Waals surface area contributed by atoms with Crippen molar-refractivity contribution in [3.63, 3.8) is 0 Å². The summed E-state index contributed by atoms with van der Waals surface area (Å²) in [6.07, 6.45) is 3.06. The molecule has 0 N–H and O–H groups in total. The minimum Gasteiger partial charge on any atom is -0.359 e. The SMILES string of the molecule is [Cu+].c1c[n-]nn1. The van der Waals surface area contributed by atoms with E-state index in [1.165, 1.54) is 12.4 Å². The van der Waals surface area contributed by atoms with E-state index in [1.54, 1.807) is 0 Å². The van der Waals surface area contributed by atoms with Gasteiger partial charge in [-0.15, -0.1) is 0 Å². The molecule has 0 radical (unpaired) electrons. The zero-order valence-corrected chi connectivity index (χ0v) is 3.74. The van der Waals surface area contributed by atoms with Gasteiger partial charge in [0.05, 0.1) is 0 Å². The van der Waals surface area contributed by atoms with Crippen molar-refractivity contribution in [1.82, 2.24) is 15.4 Å². The molecule has 3 nitrogen and oxygen atoms in total. The molecule has 0 amide bonds. The van der Waals surface area contributed by atoms with E-state index < -0.39 is 0 Å². The van der Waals surface area contributed by atoms with E-state index in [9.17, 15) is 0 Å². The van der Waals surface area contributed by atoms with Crippen molar-refractivity contribution in [1.29, 1.82) is 0 Å². The summed E-state index contributed by atoms with van der Waals surface area (Å²) in [6, 6.07) is 0. The number of aromatic nitrogens is 3. The zero-order chi connectivity index (χ0) is 3.54. The molecule has 0 aliphatic carbocycles. The third-order valence-electron chi connectivity index (χ3n) is 0.303. The Morgan fingerprint density at radius 3 is 2.50 bits per heavy atom. The van der Waals surface area contributed by atoms with Crippen molar-refractivity contribution in [2.24, 2.45) is 0 Å². The second-order valence-electron chi connectivity index (χ2n) is 0.619. The van der Waals surface area contributed by atoms with Crippen LogP contribution >= 0.6 is 0 Å². The molecule has 1 aromatic heterocycles. The van der Waals surface area contributed by atoms with Crippen LogP contribution in [0.5, 0.6) is 0 Å². The molecule has 6 heavy (non-hydrogen) atoms. The van der Waals surface area contributed by atoms with Crippen molar-refractivity contribution in [2.75, 3.05) is 0 Å². The molecule has 1 aromatic rings. The molecule has 0 saturated carbocycles. The molecule has 0 aliphatic heterocycles. The Kier molecular flexibility index (Phi) is 2.71. The van der Waals surface area contributed by atoms with E-state index in [4.69, 9.17) is 0 Å². The van der Waals surface area contributed by atoms with Crippen molar-refractivity contribution >= 4 is 0 Å². The van der Waals surface area contributed by atoms with E-state index in [1.807, 2.05) is 0 Å². The maximum absolute atomic E-state index is 3.36. The van der Waals surface area contributed by atoms with Crippen LogP contribution in [0.2, 0.25) is 0 Å². The van der Waals surface area contributed by atoms with Gasteiger partial charge in [-0.3, -0.25) is 5.21 Å². The van der Waals surface area contributed by atoms with E-state index >= 15 is 0 Å². The van der Waals surface area contributed by atoms with Crippen molar-refractivity contribution in [3.05, 3.63) is 12.4 Å². The molecule has 0 saturated heterocycles. The van der Waals surface area contributed by atoms with E-state index in [2.05, 4.69) is 15.4 Å². The van der Waals surface area contributed by atoms with E-state index in [0.29, 0.717) is 0 Å². The van der Waals surface area contributed by atoms with Gasteiger partial charge in [0.15, 0.2) is 0 Å². The van der Waals surface area contributed by atoms with Gasteiger partial charge in [0.2, 0.25) is 0 Å². The summed E-state index contributed by atoms with van der Waals surface area (Å²) in [4.78, 5) is 0. The maximum atomic E-state index is 3.36. The Morgan fingerprint density at radius 2 is 2.33 bits per heavy atom. The Hall–Kier alpha value is -0.341. The first kappa shape index (κ1) is 5.66.